The van der Waals surface area contributed by atoms with Crippen molar-refractivity contribution in [2.45, 2.75) is 10.6 Å². The van der Waals surface area contributed by atoms with E-state index < -0.39 is 0 Å². The van der Waals surface area contributed by atoms with Crippen LogP contribution >= 0.6 is 23.4 Å². The number of halogens is 1. The Hall–Kier alpha value is -1.45. The summed E-state index contributed by atoms with van der Waals surface area (Å²) in [6.07, 6.45) is 0. The summed E-state index contributed by atoms with van der Waals surface area (Å²) in [7, 11) is 0. The minimum Gasteiger partial charge on any atom is -0.384 e. The number of thioether (sulfide) groups is 1. The highest BCUT2D eigenvalue weighted by Gasteiger charge is 2.06. The third kappa shape index (κ3) is 3.06. The second-order valence-electron chi connectivity index (χ2n) is 3.79. The van der Waals surface area contributed by atoms with Gasteiger partial charge in [-0.1, -0.05) is 48.0 Å². The van der Waals surface area contributed by atoms with Crippen molar-refractivity contribution in [2.75, 3.05) is 0 Å². The van der Waals surface area contributed by atoms with Crippen molar-refractivity contribution in [3.8, 4) is 0 Å². The zero-order valence-electron chi connectivity index (χ0n) is 9.69. The van der Waals surface area contributed by atoms with Gasteiger partial charge in [-0.25, -0.2) is 0 Å². The van der Waals surface area contributed by atoms with E-state index in [0.29, 0.717) is 0 Å². The van der Waals surface area contributed by atoms with Crippen molar-refractivity contribution in [1.82, 2.24) is 0 Å². The van der Waals surface area contributed by atoms with E-state index in [4.69, 9.17) is 22.7 Å². The maximum absolute atomic E-state index is 7.54. The molecule has 0 aliphatic heterocycles. The largest absolute Gasteiger partial charge is 0.384 e. The standard InChI is InChI=1S/C14H13ClN2S/c15-12-7-3-4-8-13(12)18-9-10-5-1-2-6-11(10)14(16)17/h1-8H,9H2,(H3,16,17). The van der Waals surface area contributed by atoms with Gasteiger partial charge in [-0.05, 0) is 17.7 Å². The molecular formula is C14H13ClN2S. The van der Waals surface area contributed by atoms with Crippen molar-refractivity contribution in [1.29, 1.82) is 5.41 Å². The van der Waals surface area contributed by atoms with Gasteiger partial charge in [-0.2, -0.15) is 0 Å². The third-order valence-corrected chi connectivity index (χ3v) is 4.09. The van der Waals surface area contributed by atoms with Gasteiger partial charge in [0.25, 0.3) is 0 Å². The molecule has 2 rings (SSSR count). The first-order chi connectivity index (χ1) is 8.68. The monoisotopic (exact) mass is 276 g/mol. The van der Waals surface area contributed by atoms with E-state index in [0.717, 1.165) is 26.8 Å². The molecule has 2 aromatic carbocycles. The molecule has 0 aliphatic rings. The molecule has 2 nitrogen and oxygen atoms in total. The maximum atomic E-state index is 7.54. The summed E-state index contributed by atoms with van der Waals surface area (Å²) in [5.74, 6) is 0.852. The van der Waals surface area contributed by atoms with Gasteiger partial charge in [-0.3, -0.25) is 5.41 Å². The molecular weight excluding hydrogens is 264 g/mol. The fourth-order valence-electron chi connectivity index (χ4n) is 1.63. The summed E-state index contributed by atoms with van der Waals surface area (Å²) in [6.45, 7) is 0. The highest BCUT2D eigenvalue weighted by molar-refractivity contribution is 7.98. The average molecular weight is 277 g/mol. The molecule has 92 valence electrons. The summed E-state index contributed by atoms with van der Waals surface area (Å²) >= 11 is 7.75. The molecule has 0 saturated heterocycles. The molecule has 0 atom stereocenters. The number of nitrogens with two attached hydrogens (primary N) is 1. The smallest absolute Gasteiger partial charge is 0.123 e. The normalized spacial score (nSPS) is 10.3. The van der Waals surface area contributed by atoms with Crippen LogP contribution in [0, 0.1) is 5.41 Å². The van der Waals surface area contributed by atoms with Crippen LogP contribution in [0.2, 0.25) is 5.02 Å². The van der Waals surface area contributed by atoms with Crippen molar-refractivity contribution in [2.24, 2.45) is 5.73 Å². The Morgan fingerprint density at radius 2 is 1.78 bits per heavy atom. The Morgan fingerprint density at radius 1 is 1.11 bits per heavy atom. The third-order valence-electron chi connectivity index (χ3n) is 2.53. The lowest BCUT2D eigenvalue weighted by molar-refractivity contribution is 1.33. The number of hydrogen-bond acceptors (Lipinski definition) is 2. The molecule has 0 saturated carbocycles. The molecule has 0 bridgehead atoms. The van der Waals surface area contributed by atoms with E-state index in [9.17, 15) is 0 Å². The molecule has 0 fully saturated rings. The Balaban J connectivity index is 2.16. The second-order valence-corrected chi connectivity index (χ2v) is 5.21. The zero-order valence-corrected chi connectivity index (χ0v) is 11.3. The van der Waals surface area contributed by atoms with E-state index in [-0.39, 0.29) is 5.84 Å². The summed E-state index contributed by atoms with van der Waals surface area (Å²) in [4.78, 5) is 1.04. The minimum atomic E-state index is 0.102. The van der Waals surface area contributed by atoms with Gasteiger partial charge in [0.1, 0.15) is 5.84 Å². The van der Waals surface area contributed by atoms with Crippen LogP contribution < -0.4 is 5.73 Å². The van der Waals surface area contributed by atoms with Crippen molar-refractivity contribution >= 4 is 29.2 Å². The van der Waals surface area contributed by atoms with Crippen molar-refractivity contribution in [3.05, 3.63) is 64.7 Å². The lowest BCUT2D eigenvalue weighted by Gasteiger charge is -2.08. The van der Waals surface area contributed by atoms with Gasteiger partial charge < -0.3 is 5.73 Å². The lowest BCUT2D eigenvalue weighted by atomic mass is 10.1. The van der Waals surface area contributed by atoms with Crippen LogP contribution in [0.15, 0.2) is 53.4 Å². The van der Waals surface area contributed by atoms with E-state index in [1.165, 1.54) is 0 Å². The number of nitrogen functional groups attached to an aromatic ring is 1. The molecule has 0 amide bonds. The van der Waals surface area contributed by atoms with Gasteiger partial charge in [-0.15, -0.1) is 11.8 Å². The SMILES string of the molecule is N=C(N)c1ccccc1CSc1ccccc1Cl. The molecule has 0 unspecified atom stereocenters. The van der Waals surface area contributed by atoms with Crippen molar-refractivity contribution in [3.63, 3.8) is 0 Å². The van der Waals surface area contributed by atoms with Crippen LogP contribution in [0.25, 0.3) is 0 Å². The number of rotatable bonds is 4. The molecule has 0 aliphatic carbocycles. The fraction of sp³-hybridized carbons (Fsp3) is 0.0714. The maximum Gasteiger partial charge on any atom is 0.123 e. The molecule has 0 aromatic heterocycles. The molecule has 0 heterocycles. The second kappa shape index (κ2) is 5.94. The van der Waals surface area contributed by atoms with Crippen LogP contribution in [-0.2, 0) is 5.75 Å². The molecule has 2 aromatic rings. The van der Waals surface area contributed by atoms with E-state index in [1.54, 1.807) is 11.8 Å². The van der Waals surface area contributed by atoms with Crippen LogP contribution in [0.5, 0.6) is 0 Å². The van der Waals surface area contributed by atoms with Crippen LogP contribution in [0.4, 0.5) is 0 Å². The first kappa shape index (κ1) is 13.0. The topological polar surface area (TPSA) is 49.9 Å². The van der Waals surface area contributed by atoms with Gasteiger partial charge >= 0.3 is 0 Å². The summed E-state index contributed by atoms with van der Waals surface area (Å²) < 4.78 is 0. The Kier molecular flexibility index (Phi) is 4.28. The van der Waals surface area contributed by atoms with E-state index in [1.807, 2.05) is 48.5 Å². The summed E-state index contributed by atoms with van der Waals surface area (Å²) in [5.41, 5.74) is 7.40. The first-order valence-corrected chi connectivity index (χ1v) is 6.84. The number of amidine groups is 1. The summed E-state index contributed by atoms with van der Waals surface area (Å²) in [5, 5.41) is 8.30. The van der Waals surface area contributed by atoms with Gasteiger partial charge in [0, 0.05) is 16.2 Å². The number of hydrogen-bond donors (Lipinski definition) is 2. The predicted molar refractivity (Wildman–Crippen MR) is 78.5 cm³/mol. The first-order valence-electron chi connectivity index (χ1n) is 5.48. The van der Waals surface area contributed by atoms with E-state index >= 15 is 0 Å². The Bertz CT molecular complexity index is 569. The molecule has 18 heavy (non-hydrogen) atoms. The Morgan fingerprint density at radius 3 is 2.50 bits per heavy atom. The Labute approximate surface area is 116 Å². The molecule has 0 radical (unpaired) electrons. The van der Waals surface area contributed by atoms with Crippen LogP contribution in [-0.4, -0.2) is 5.84 Å². The fourth-order valence-corrected chi connectivity index (χ4v) is 2.87. The minimum absolute atomic E-state index is 0.102. The van der Waals surface area contributed by atoms with Crippen molar-refractivity contribution < 1.29 is 0 Å². The van der Waals surface area contributed by atoms with Crippen LogP contribution in [0.1, 0.15) is 11.1 Å². The molecule has 0 spiro atoms. The number of nitrogens with one attached hydrogen (secondary N) is 1. The van der Waals surface area contributed by atoms with Gasteiger partial charge in [0.15, 0.2) is 0 Å². The lowest BCUT2D eigenvalue weighted by Crippen LogP contribution is -2.13. The highest BCUT2D eigenvalue weighted by Crippen LogP contribution is 2.30. The molecule has 3 N–H and O–H groups in total. The highest BCUT2D eigenvalue weighted by atomic mass is 35.5. The number of benzene rings is 2. The summed E-state index contributed by atoms with van der Waals surface area (Å²) in [6, 6.07) is 15.4. The van der Waals surface area contributed by atoms with Gasteiger partial charge in [0.2, 0.25) is 0 Å². The van der Waals surface area contributed by atoms with E-state index in [2.05, 4.69) is 0 Å². The van der Waals surface area contributed by atoms with Gasteiger partial charge in [0.05, 0.1) is 5.02 Å². The molecule has 4 heteroatoms. The van der Waals surface area contributed by atoms with Crippen LogP contribution in [0.3, 0.4) is 0 Å². The quantitative estimate of drug-likeness (QED) is 0.505. The zero-order chi connectivity index (χ0) is 13.0. The average Bonchev–Trinajstić information content (AvgIpc) is 2.38. The predicted octanol–water partition coefficient (Wildman–Crippen LogP) is 3.92.